The van der Waals surface area contributed by atoms with E-state index in [-0.39, 0.29) is 0 Å². The molecule has 0 N–H and O–H groups in total. The van der Waals surface area contributed by atoms with Gasteiger partial charge < -0.3 is 0 Å². The maximum atomic E-state index is 5.41. The van der Waals surface area contributed by atoms with E-state index in [0.29, 0.717) is 17.5 Å². The van der Waals surface area contributed by atoms with Crippen molar-refractivity contribution < 1.29 is 0 Å². The molecule has 0 atom stereocenters. The Morgan fingerprint density at radius 3 is 1.54 bits per heavy atom. The molecule has 0 fully saturated rings. The average Bonchev–Trinajstić information content (AvgIpc) is 3.64. The first kappa shape index (κ1) is 37.6. The Balaban J connectivity index is 0.960. The molecule has 1 aliphatic carbocycles. The van der Waals surface area contributed by atoms with E-state index in [9.17, 15) is 0 Å². The maximum absolute atomic E-state index is 5.41. The molecule has 0 saturated carbocycles. The zero-order valence-electron chi connectivity index (χ0n) is 34.3. The molecule has 7 aromatic carbocycles. The lowest BCUT2D eigenvalue weighted by atomic mass is 9.95. The van der Waals surface area contributed by atoms with Crippen molar-refractivity contribution in [1.29, 1.82) is 0 Å². The maximum Gasteiger partial charge on any atom is 0.164 e. The van der Waals surface area contributed by atoms with Crippen LogP contribution >= 0.6 is 0 Å². The Hall–Kier alpha value is -8.41. The number of pyridine rings is 2. The molecular weight excluding hydrogens is 767 g/mol. The van der Waals surface area contributed by atoms with Gasteiger partial charge in [-0.15, -0.1) is 0 Å². The Bertz CT molecular complexity index is 3340. The number of hydrogen-bond acceptors (Lipinski definition) is 5. The van der Waals surface area contributed by atoms with Gasteiger partial charge in [0.1, 0.15) is 0 Å². The van der Waals surface area contributed by atoms with Crippen LogP contribution in [0.1, 0.15) is 17.5 Å². The van der Waals surface area contributed by atoms with Crippen LogP contribution in [-0.2, 0) is 0 Å². The first-order valence-corrected chi connectivity index (χ1v) is 21.2. The first-order chi connectivity index (χ1) is 31.2. The van der Waals surface area contributed by atoms with E-state index in [1.165, 1.54) is 5.57 Å². The number of aromatic nitrogens is 5. The molecule has 5 nitrogen and oxygen atoms in total. The second-order valence-corrected chi connectivity index (χ2v) is 15.6. The number of hydrogen-bond donors (Lipinski definition) is 0. The van der Waals surface area contributed by atoms with Gasteiger partial charge in [0.05, 0.1) is 22.4 Å². The van der Waals surface area contributed by atoms with Crippen molar-refractivity contribution in [2.45, 2.75) is 6.42 Å². The molecule has 5 heteroatoms. The fraction of sp³-hybridized carbons (Fsp3) is 0.0172. The SMILES string of the molecule is C1=CC(c2cccc(-c3nc(-c4ccccc4)nc(-c4ccccc4)n3)c2)=CC=C(c2cccc(-c3cc(-c4ccccc4)c4ccc5ccc(-c6ccccc6)nc5c4n3)c2)C1. The summed E-state index contributed by atoms with van der Waals surface area (Å²) in [5.41, 5.74) is 15.4. The van der Waals surface area contributed by atoms with Gasteiger partial charge in [-0.3, -0.25) is 0 Å². The molecule has 0 bridgehead atoms. The van der Waals surface area contributed by atoms with Crippen LogP contribution in [0.4, 0.5) is 0 Å². The number of nitrogens with zero attached hydrogens (tertiary/aromatic N) is 5. The normalized spacial score (nSPS) is 12.5. The Kier molecular flexibility index (Phi) is 9.88. The van der Waals surface area contributed by atoms with Gasteiger partial charge in [-0.25, -0.2) is 24.9 Å². The van der Waals surface area contributed by atoms with Crippen molar-refractivity contribution in [2.75, 3.05) is 0 Å². The minimum atomic E-state index is 0.633. The smallest absolute Gasteiger partial charge is 0.164 e. The van der Waals surface area contributed by atoms with E-state index in [4.69, 9.17) is 24.9 Å². The summed E-state index contributed by atoms with van der Waals surface area (Å²) >= 11 is 0. The largest absolute Gasteiger partial charge is 0.245 e. The summed E-state index contributed by atoms with van der Waals surface area (Å²) in [7, 11) is 0. The minimum absolute atomic E-state index is 0.633. The first-order valence-electron chi connectivity index (χ1n) is 21.2. The molecule has 1 aliphatic rings. The standard InChI is InChI=1S/C58H39N5/c1-5-16-41(17-6-1)51-38-53(60-55-50(51)34-32-43-33-35-52(59-54(43)55)42-18-7-2-8-19-42)48-28-14-26-46(36-48)39-24-13-25-40(31-30-39)47-27-15-29-49(37-47)58-62-56(44-20-9-3-10-21-44)61-57(63-58)45-22-11-4-12-23-45/h1-23,25-38H,24H2. The third-order valence-electron chi connectivity index (χ3n) is 11.6. The number of fused-ring (bicyclic) bond motifs is 3. The molecule has 0 radical (unpaired) electrons. The van der Waals surface area contributed by atoms with E-state index in [0.717, 1.165) is 95.3 Å². The summed E-state index contributed by atoms with van der Waals surface area (Å²) in [6.45, 7) is 0. The fourth-order valence-corrected chi connectivity index (χ4v) is 8.33. The molecule has 0 amide bonds. The molecule has 3 aromatic heterocycles. The zero-order valence-corrected chi connectivity index (χ0v) is 34.3. The van der Waals surface area contributed by atoms with Crippen molar-refractivity contribution in [3.63, 3.8) is 0 Å². The lowest BCUT2D eigenvalue weighted by molar-refractivity contribution is 1.07. The van der Waals surface area contributed by atoms with Crippen LogP contribution in [0.15, 0.2) is 224 Å². The molecule has 0 spiro atoms. The van der Waals surface area contributed by atoms with Crippen LogP contribution in [0.25, 0.3) is 101 Å². The highest BCUT2D eigenvalue weighted by molar-refractivity contribution is 6.09. The molecule has 0 aliphatic heterocycles. The Morgan fingerprint density at radius 2 is 0.857 bits per heavy atom. The Morgan fingerprint density at radius 1 is 0.333 bits per heavy atom. The summed E-state index contributed by atoms with van der Waals surface area (Å²) in [4.78, 5) is 25.5. The fourth-order valence-electron chi connectivity index (χ4n) is 8.33. The molecule has 296 valence electrons. The molecule has 3 heterocycles. The van der Waals surface area contributed by atoms with Crippen molar-refractivity contribution in [3.8, 4) is 67.8 Å². The van der Waals surface area contributed by atoms with Crippen molar-refractivity contribution in [3.05, 3.63) is 236 Å². The predicted molar refractivity (Wildman–Crippen MR) is 259 cm³/mol. The van der Waals surface area contributed by atoms with E-state index in [1.807, 2.05) is 66.7 Å². The topological polar surface area (TPSA) is 64.5 Å². The molecule has 0 unspecified atom stereocenters. The van der Waals surface area contributed by atoms with Crippen LogP contribution in [0.2, 0.25) is 0 Å². The van der Waals surface area contributed by atoms with Crippen molar-refractivity contribution in [1.82, 2.24) is 24.9 Å². The highest BCUT2D eigenvalue weighted by atomic mass is 15.0. The molecule has 63 heavy (non-hydrogen) atoms. The summed E-state index contributed by atoms with van der Waals surface area (Å²) in [5.74, 6) is 1.92. The highest BCUT2D eigenvalue weighted by Crippen LogP contribution is 2.37. The summed E-state index contributed by atoms with van der Waals surface area (Å²) < 4.78 is 0. The van der Waals surface area contributed by atoms with E-state index >= 15 is 0 Å². The van der Waals surface area contributed by atoms with Gasteiger partial charge in [-0.2, -0.15) is 0 Å². The highest BCUT2D eigenvalue weighted by Gasteiger charge is 2.16. The summed E-state index contributed by atoms with van der Waals surface area (Å²) in [6.07, 6.45) is 9.71. The molecule has 10 aromatic rings. The van der Waals surface area contributed by atoms with Crippen LogP contribution < -0.4 is 0 Å². The van der Waals surface area contributed by atoms with E-state index in [2.05, 4.69) is 158 Å². The van der Waals surface area contributed by atoms with Crippen LogP contribution in [0.5, 0.6) is 0 Å². The lowest BCUT2D eigenvalue weighted by Gasteiger charge is -2.14. The van der Waals surface area contributed by atoms with Gasteiger partial charge in [0.15, 0.2) is 17.5 Å². The summed E-state index contributed by atoms with van der Waals surface area (Å²) in [6, 6.07) is 69.2. The average molecular weight is 806 g/mol. The number of rotatable bonds is 8. The minimum Gasteiger partial charge on any atom is -0.245 e. The van der Waals surface area contributed by atoms with Gasteiger partial charge in [0.2, 0.25) is 0 Å². The van der Waals surface area contributed by atoms with Gasteiger partial charge in [0.25, 0.3) is 0 Å². The number of allylic oxidation sites excluding steroid dienone is 6. The van der Waals surface area contributed by atoms with Crippen LogP contribution in [-0.4, -0.2) is 24.9 Å². The Labute approximate surface area is 366 Å². The quantitative estimate of drug-likeness (QED) is 0.143. The van der Waals surface area contributed by atoms with Crippen molar-refractivity contribution >= 4 is 33.0 Å². The molecule has 11 rings (SSSR count). The second kappa shape index (κ2) is 16.6. The monoisotopic (exact) mass is 805 g/mol. The molecular formula is C58H39N5. The predicted octanol–water partition coefficient (Wildman–Crippen LogP) is 14.4. The van der Waals surface area contributed by atoms with Gasteiger partial charge >= 0.3 is 0 Å². The summed E-state index contributed by atoms with van der Waals surface area (Å²) in [5, 5.41) is 2.14. The number of benzene rings is 7. The molecule has 0 saturated heterocycles. The second-order valence-electron chi connectivity index (χ2n) is 15.6. The van der Waals surface area contributed by atoms with Gasteiger partial charge in [0, 0.05) is 38.6 Å². The third-order valence-corrected chi connectivity index (χ3v) is 11.6. The van der Waals surface area contributed by atoms with Crippen LogP contribution in [0, 0.1) is 0 Å². The van der Waals surface area contributed by atoms with E-state index < -0.39 is 0 Å². The zero-order chi connectivity index (χ0) is 42.0. The van der Waals surface area contributed by atoms with Crippen molar-refractivity contribution in [2.24, 2.45) is 0 Å². The van der Waals surface area contributed by atoms with Gasteiger partial charge in [-0.05, 0) is 64.1 Å². The van der Waals surface area contributed by atoms with Crippen LogP contribution in [0.3, 0.4) is 0 Å². The third kappa shape index (κ3) is 7.64. The van der Waals surface area contributed by atoms with Gasteiger partial charge in [-0.1, -0.05) is 200 Å². The van der Waals surface area contributed by atoms with E-state index in [1.54, 1.807) is 0 Å². The lowest BCUT2D eigenvalue weighted by Crippen LogP contribution is -2.00.